The summed E-state index contributed by atoms with van der Waals surface area (Å²) in [5.74, 6) is 3.22. The van der Waals surface area contributed by atoms with E-state index >= 15 is 0 Å². The number of aromatic hydroxyl groups is 5. The molecule has 24 heteroatoms. The Bertz CT molecular complexity index is 2920. The maximum Gasteiger partial charge on any atom is 0.128 e. The lowest BCUT2D eigenvalue weighted by Crippen LogP contribution is -1.83. The Kier molecular flexibility index (Phi) is 40.9. The van der Waals surface area contributed by atoms with E-state index in [2.05, 4.69) is 177 Å². The summed E-state index contributed by atoms with van der Waals surface area (Å²) >= 11 is 60.6. The van der Waals surface area contributed by atoms with Gasteiger partial charge in [0.05, 0.1) is 19.8 Å². The average Bonchev–Trinajstić information content (AvgIpc) is 3.41. The molecule has 8 N–H and O–H groups in total. The third-order valence-corrected chi connectivity index (χ3v) is 16.2. The van der Waals surface area contributed by atoms with Crippen LogP contribution < -0.4 is 0 Å². The fourth-order valence-corrected chi connectivity index (χ4v) is 10.6. The number of thiol groups is 14. The molecule has 0 fully saturated rings. The van der Waals surface area contributed by atoms with Crippen LogP contribution in [0.3, 0.4) is 0 Å². The van der Waals surface area contributed by atoms with Gasteiger partial charge in [-0.15, -0.1) is 162 Å². The van der Waals surface area contributed by atoms with Crippen molar-refractivity contribution < 1.29 is 40.9 Å². The molecule has 8 aromatic rings. The molecule has 0 aliphatic rings. The number of phenolic OH excluding ortho intramolecular Hbond substituents is 5. The van der Waals surface area contributed by atoms with Crippen LogP contribution in [0.5, 0.6) is 28.7 Å². The summed E-state index contributed by atoms with van der Waals surface area (Å²) in [6, 6.07) is 42.0. The summed E-state index contributed by atoms with van der Waals surface area (Å²) in [6.07, 6.45) is 3.98. The van der Waals surface area contributed by atoms with Crippen LogP contribution in [0.25, 0.3) is 0 Å². The molecule has 8 aromatic carbocycles. The summed E-state index contributed by atoms with van der Waals surface area (Å²) < 4.78 is 0. The van der Waals surface area contributed by atoms with Gasteiger partial charge in [-0.25, -0.2) is 0 Å². The number of benzene rings is 8. The van der Waals surface area contributed by atoms with Crippen LogP contribution in [0, 0.1) is 0 Å². The Morgan fingerprint density at radius 1 is 0.300 bits per heavy atom. The zero-order valence-corrected chi connectivity index (χ0v) is 56.9. The first-order valence-electron chi connectivity index (χ1n) is 22.7. The third kappa shape index (κ3) is 32.5. The molecule has 0 saturated heterocycles. The van der Waals surface area contributed by atoms with E-state index in [1.807, 2.05) is 79.2 Å². The van der Waals surface area contributed by atoms with E-state index in [4.69, 9.17) is 40.9 Å². The van der Waals surface area contributed by atoms with E-state index < -0.39 is 0 Å². The van der Waals surface area contributed by atoms with Gasteiger partial charge in [0.1, 0.15) is 28.7 Å². The van der Waals surface area contributed by atoms with Gasteiger partial charge in [-0.05, 0) is 167 Å². The molecule has 0 aromatic heterocycles. The first-order chi connectivity index (χ1) is 37.8. The van der Waals surface area contributed by atoms with Crippen molar-refractivity contribution in [1.29, 1.82) is 0 Å². The SMILES string of the molecule is CSc1cc(CO)ccc1S.CSc1cc(O)ccc1CS.OCc1cc(S)cc(S)c1.OCc1ccc(S)c(S)c1.Oc1cc(S)cc(CS)c1.Oc1cc(S)cc(S)c1.Oc1ccc(CS)cc1S.Oc1ccc(S)c(S)c1. The second-order valence-electron chi connectivity index (χ2n) is 15.7. The minimum atomic E-state index is 0.0436. The Labute approximate surface area is 556 Å². The van der Waals surface area contributed by atoms with Crippen LogP contribution in [0.1, 0.15) is 33.4 Å². The van der Waals surface area contributed by atoms with Crippen molar-refractivity contribution in [3.63, 3.8) is 0 Å². The second-order valence-corrected chi connectivity index (χ2v) is 23.8. The molecule has 0 spiro atoms. The van der Waals surface area contributed by atoms with Crippen molar-refractivity contribution in [2.24, 2.45) is 0 Å². The summed E-state index contributed by atoms with van der Waals surface area (Å²) in [6.45, 7) is 0.200. The van der Waals surface area contributed by atoms with Crippen molar-refractivity contribution in [2.45, 2.75) is 101 Å². The topological polar surface area (TPSA) is 162 Å². The highest BCUT2D eigenvalue weighted by Crippen LogP contribution is 2.28. The van der Waals surface area contributed by atoms with Gasteiger partial charge in [-0.3, -0.25) is 0 Å². The van der Waals surface area contributed by atoms with Gasteiger partial charge in [0.25, 0.3) is 0 Å². The van der Waals surface area contributed by atoms with E-state index in [0.717, 1.165) is 87.4 Å². The van der Waals surface area contributed by atoms with Crippen molar-refractivity contribution in [2.75, 3.05) is 12.5 Å². The van der Waals surface area contributed by atoms with Gasteiger partial charge in [0.15, 0.2) is 0 Å². The predicted molar refractivity (Wildman–Crippen MR) is 379 cm³/mol. The number of thioether (sulfide) groups is 2. The van der Waals surface area contributed by atoms with Gasteiger partial charge in [0.2, 0.25) is 0 Å². The van der Waals surface area contributed by atoms with Crippen LogP contribution in [-0.4, -0.2) is 53.4 Å². The zero-order valence-electron chi connectivity index (χ0n) is 42.8. The van der Waals surface area contributed by atoms with Crippen LogP contribution in [-0.2, 0) is 37.1 Å². The summed E-state index contributed by atoms with van der Waals surface area (Å²) in [4.78, 5) is 10.8. The van der Waals surface area contributed by atoms with E-state index in [-0.39, 0.29) is 42.8 Å². The smallest absolute Gasteiger partial charge is 0.128 e. The molecule has 0 aliphatic heterocycles. The highest BCUT2D eigenvalue weighted by Gasteiger charge is 2.02. The van der Waals surface area contributed by atoms with E-state index in [1.54, 1.807) is 102 Å². The number of rotatable bonds is 8. The highest BCUT2D eigenvalue weighted by molar-refractivity contribution is 7.99. The Balaban J connectivity index is 0.000000458. The predicted octanol–water partition coefficient (Wildman–Crippen LogP) is 16.4. The lowest BCUT2D eigenvalue weighted by atomic mass is 10.2. The molecule has 0 aliphatic carbocycles. The van der Waals surface area contributed by atoms with E-state index in [0.29, 0.717) is 27.0 Å². The quantitative estimate of drug-likeness (QED) is 0.0521. The molecule has 8 rings (SSSR count). The van der Waals surface area contributed by atoms with Crippen LogP contribution in [0.2, 0.25) is 0 Å². The molecule has 80 heavy (non-hydrogen) atoms. The van der Waals surface area contributed by atoms with Crippen LogP contribution in [0.4, 0.5) is 0 Å². The molecule has 0 heterocycles. The molecule has 0 amide bonds. The molecule has 0 radical (unpaired) electrons. The van der Waals surface area contributed by atoms with Gasteiger partial charge in [0, 0.05) is 80.9 Å². The van der Waals surface area contributed by atoms with E-state index in [1.165, 1.54) is 5.56 Å². The van der Waals surface area contributed by atoms with Gasteiger partial charge < -0.3 is 40.9 Å². The molecule has 0 bridgehead atoms. The minimum absolute atomic E-state index is 0.0436. The first-order valence-corrected chi connectivity index (χ1v) is 32.0. The van der Waals surface area contributed by atoms with Crippen LogP contribution >= 0.6 is 200 Å². The largest absolute Gasteiger partial charge is 0.508 e. The van der Waals surface area contributed by atoms with Crippen molar-refractivity contribution in [3.05, 3.63) is 179 Å². The van der Waals surface area contributed by atoms with Gasteiger partial charge in [-0.1, -0.05) is 24.3 Å². The van der Waals surface area contributed by atoms with Crippen molar-refractivity contribution >= 4 is 200 Å². The zero-order chi connectivity index (χ0) is 60.5. The number of phenols is 5. The summed E-state index contributed by atoms with van der Waals surface area (Å²) in [7, 11) is 0. The molecule has 0 saturated carbocycles. The maximum absolute atomic E-state index is 9.13. The average molecular weight is 1380 g/mol. The standard InChI is InChI=1S/2C8H10OS2.4C7H8OS2.2C6H6OS2/c1-11-8-4-7(9)3-2-6(8)5-10;1-11-8-4-6(5-9)2-3-7(8)10;8-6-1-5(4-9)2-7(10)3-6;8-4-5-1-6(9)3-7(10)2-5;8-6-2-1-5(4-9)3-7(6)10;8-4-5-1-2-6(9)7(10)3-5;7-4-1-5(8)3-6(9)2-4;7-4-1-2-5(8)6(9)3-4/h2*2-4,9-10H,5H2,1H3;4*1-3,8-10H,4H2;2*1-3,7-9H. The van der Waals surface area contributed by atoms with E-state index in [9.17, 15) is 0 Å². The van der Waals surface area contributed by atoms with Crippen LogP contribution in [0.15, 0.2) is 209 Å². The monoisotopic (exact) mass is 1380 g/mol. The Morgan fingerprint density at radius 3 is 1.12 bits per heavy atom. The number of hydrogen-bond acceptors (Lipinski definition) is 24. The summed E-state index contributed by atoms with van der Waals surface area (Å²) in [5, 5.41) is 71.2. The molecule has 432 valence electrons. The van der Waals surface area contributed by atoms with Gasteiger partial charge in [-0.2, -0.15) is 37.9 Å². The summed E-state index contributed by atoms with van der Waals surface area (Å²) in [5.41, 5.74) is 5.85. The Morgan fingerprint density at radius 2 is 0.700 bits per heavy atom. The lowest BCUT2D eigenvalue weighted by Gasteiger charge is -2.03. The van der Waals surface area contributed by atoms with Gasteiger partial charge >= 0.3 is 0 Å². The number of aliphatic hydroxyl groups excluding tert-OH is 3. The van der Waals surface area contributed by atoms with Crippen molar-refractivity contribution in [3.8, 4) is 28.7 Å². The maximum atomic E-state index is 9.13. The Hall–Kier alpha value is -1.76. The molecule has 8 nitrogen and oxygen atoms in total. The molecule has 0 atom stereocenters. The fourth-order valence-electron chi connectivity index (χ4n) is 5.61. The normalized spacial score (nSPS) is 9.84. The molecule has 0 unspecified atom stereocenters. The molecular formula is C56H64O8S16. The fraction of sp³-hybridized carbons (Fsp3) is 0.143. The molecular weight excluding hydrogens is 1310 g/mol. The van der Waals surface area contributed by atoms with Crippen molar-refractivity contribution in [1.82, 2.24) is 0 Å². The second kappa shape index (κ2) is 43.0. The highest BCUT2D eigenvalue weighted by atomic mass is 32.2. The lowest BCUT2D eigenvalue weighted by molar-refractivity contribution is 0.281. The minimum Gasteiger partial charge on any atom is -0.508 e. The number of hydrogen-bond donors (Lipinski definition) is 22. The number of aliphatic hydroxyl groups is 3. The third-order valence-electron chi connectivity index (χ3n) is 9.45. The first kappa shape index (κ1) is 76.3.